The Morgan fingerprint density at radius 3 is 2.47 bits per heavy atom. The van der Waals surface area contributed by atoms with Crippen LogP contribution >= 0.6 is 11.3 Å². The van der Waals surface area contributed by atoms with Crippen LogP contribution in [-0.4, -0.2) is 4.98 Å². The van der Waals surface area contributed by atoms with Crippen LogP contribution in [0.2, 0.25) is 0 Å². The summed E-state index contributed by atoms with van der Waals surface area (Å²) in [6.07, 6.45) is 4.35. The standard InChI is InChI=1S/C16H22N2S/c1-3-13(4-2)16(14-8-6-5-7-9-14)18-11-15-10-17-12-19-15/h5-10,12-13,16,18H,3-4,11H2,1-2H3. The zero-order valence-electron chi connectivity index (χ0n) is 11.7. The van der Waals surface area contributed by atoms with Gasteiger partial charge in [-0.1, -0.05) is 57.0 Å². The second kappa shape index (κ2) is 7.41. The number of nitrogens with one attached hydrogen (secondary N) is 1. The van der Waals surface area contributed by atoms with Crippen molar-refractivity contribution in [1.29, 1.82) is 0 Å². The summed E-state index contributed by atoms with van der Waals surface area (Å²) in [7, 11) is 0. The van der Waals surface area contributed by atoms with Gasteiger partial charge in [0.25, 0.3) is 0 Å². The molecule has 2 aromatic rings. The highest BCUT2D eigenvalue weighted by Gasteiger charge is 2.19. The minimum absolute atomic E-state index is 0.429. The van der Waals surface area contributed by atoms with Crippen LogP contribution in [0, 0.1) is 5.92 Å². The fourth-order valence-corrected chi connectivity index (χ4v) is 3.06. The van der Waals surface area contributed by atoms with Gasteiger partial charge in [-0.3, -0.25) is 4.98 Å². The van der Waals surface area contributed by atoms with E-state index in [1.807, 2.05) is 11.7 Å². The quantitative estimate of drug-likeness (QED) is 0.809. The van der Waals surface area contributed by atoms with E-state index >= 15 is 0 Å². The molecule has 3 heteroatoms. The van der Waals surface area contributed by atoms with Crippen molar-refractivity contribution in [2.45, 2.75) is 39.3 Å². The first kappa shape index (κ1) is 14.2. The van der Waals surface area contributed by atoms with E-state index in [0.717, 1.165) is 6.54 Å². The predicted octanol–water partition coefficient (Wildman–Crippen LogP) is 4.41. The number of benzene rings is 1. The Morgan fingerprint density at radius 1 is 1.16 bits per heavy atom. The molecule has 19 heavy (non-hydrogen) atoms. The van der Waals surface area contributed by atoms with Crippen LogP contribution in [0.25, 0.3) is 0 Å². The molecule has 1 atom stereocenters. The second-order valence-electron chi connectivity index (χ2n) is 4.81. The van der Waals surface area contributed by atoms with Gasteiger partial charge in [0.15, 0.2) is 0 Å². The molecule has 1 aromatic carbocycles. The molecule has 2 rings (SSSR count). The van der Waals surface area contributed by atoms with Gasteiger partial charge in [0.2, 0.25) is 0 Å². The average molecular weight is 274 g/mol. The Bertz CT molecular complexity index is 449. The normalized spacial score (nSPS) is 12.8. The summed E-state index contributed by atoms with van der Waals surface area (Å²) < 4.78 is 0. The third-order valence-corrected chi connectivity index (χ3v) is 4.44. The molecule has 0 spiro atoms. The van der Waals surface area contributed by atoms with Crippen molar-refractivity contribution < 1.29 is 0 Å². The van der Waals surface area contributed by atoms with E-state index in [2.05, 4.69) is 54.5 Å². The van der Waals surface area contributed by atoms with Crippen LogP contribution in [0.5, 0.6) is 0 Å². The van der Waals surface area contributed by atoms with Crippen molar-refractivity contribution in [2.75, 3.05) is 0 Å². The zero-order valence-corrected chi connectivity index (χ0v) is 12.5. The fraction of sp³-hybridized carbons (Fsp3) is 0.438. The minimum atomic E-state index is 0.429. The molecule has 0 fully saturated rings. The van der Waals surface area contributed by atoms with Gasteiger partial charge in [-0.15, -0.1) is 11.3 Å². The molecular formula is C16H22N2S. The zero-order chi connectivity index (χ0) is 13.5. The Morgan fingerprint density at radius 2 is 1.89 bits per heavy atom. The second-order valence-corrected chi connectivity index (χ2v) is 5.78. The lowest BCUT2D eigenvalue weighted by atomic mass is 9.89. The Kier molecular flexibility index (Phi) is 5.55. The molecule has 0 saturated heterocycles. The maximum atomic E-state index is 4.14. The van der Waals surface area contributed by atoms with Crippen LogP contribution in [-0.2, 0) is 6.54 Å². The molecule has 1 heterocycles. The van der Waals surface area contributed by atoms with Crippen molar-refractivity contribution >= 4 is 11.3 Å². The Labute approximate surface area is 119 Å². The summed E-state index contributed by atoms with van der Waals surface area (Å²) >= 11 is 1.71. The van der Waals surface area contributed by atoms with Gasteiger partial charge in [0.05, 0.1) is 5.51 Å². The topological polar surface area (TPSA) is 24.9 Å². The third kappa shape index (κ3) is 3.88. The molecule has 1 aromatic heterocycles. The summed E-state index contributed by atoms with van der Waals surface area (Å²) in [5, 5.41) is 3.71. The summed E-state index contributed by atoms with van der Waals surface area (Å²) in [4.78, 5) is 5.43. The summed E-state index contributed by atoms with van der Waals surface area (Å²) in [5.74, 6) is 0.676. The maximum absolute atomic E-state index is 4.14. The van der Waals surface area contributed by atoms with Crippen molar-refractivity contribution in [2.24, 2.45) is 5.92 Å². The molecule has 1 unspecified atom stereocenters. The molecule has 0 amide bonds. The molecule has 2 nitrogen and oxygen atoms in total. The molecule has 0 aliphatic heterocycles. The smallest absolute Gasteiger partial charge is 0.0794 e. The van der Waals surface area contributed by atoms with Crippen LogP contribution in [0.15, 0.2) is 42.0 Å². The lowest BCUT2D eigenvalue weighted by molar-refractivity contribution is 0.340. The molecule has 0 radical (unpaired) electrons. The van der Waals surface area contributed by atoms with Gasteiger partial charge in [0.1, 0.15) is 0 Å². The SMILES string of the molecule is CCC(CC)C(NCc1cncs1)c1ccccc1. The van der Waals surface area contributed by atoms with E-state index in [1.54, 1.807) is 11.3 Å². The predicted molar refractivity (Wildman–Crippen MR) is 82.2 cm³/mol. The first-order chi connectivity index (χ1) is 9.35. The van der Waals surface area contributed by atoms with Crippen molar-refractivity contribution in [1.82, 2.24) is 10.3 Å². The van der Waals surface area contributed by atoms with E-state index in [9.17, 15) is 0 Å². The van der Waals surface area contributed by atoms with Gasteiger partial charge >= 0.3 is 0 Å². The van der Waals surface area contributed by atoms with E-state index in [1.165, 1.54) is 23.3 Å². The number of nitrogens with zero attached hydrogens (tertiary/aromatic N) is 1. The molecule has 102 valence electrons. The van der Waals surface area contributed by atoms with Crippen molar-refractivity contribution in [3.8, 4) is 0 Å². The van der Waals surface area contributed by atoms with Gasteiger partial charge in [-0.25, -0.2) is 0 Å². The lowest BCUT2D eigenvalue weighted by Gasteiger charge is -2.27. The number of hydrogen-bond acceptors (Lipinski definition) is 3. The van der Waals surface area contributed by atoms with Crippen LogP contribution < -0.4 is 5.32 Å². The summed E-state index contributed by atoms with van der Waals surface area (Å²) in [6, 6.07) is 11.2. The van der Waals surface area contributed by atoms with Crippen molar-refractivity contribution in [3.63, 3.8) is 0 Å². The van der Waals surface area contributed by atoms with Gasteiger partial charge in [-0.2, -0.15) is 0 Å². The van der Waals surface area contributed by atoms with E-state index in [0.29, 0.717) is 12.0 Å². The highest BCUT2D eigenvalue weighted by molar-refractivity contribution is 7.09. The molecule has 0 bridgehead atoms. The first-order valence-corrected chi connectivity index (χ1v) is 7.88. The van der Waals surface area contributed by atoms with E-state index in [4.69, 9.17) is 0 Å². The van der Waals surface area contributed by atoms with E-state index in [-0.39, 0.29) is 0 Å². The third-order valence-electron chi connectivity index (χ3n) is 3.66. The number of thiazole rings is 1. The van der Waals surface area contributed by atoms with Crippen LogP contribution in [0.1, 0.15) is 43.2 Å². The van der Waals surface area contributed by atoms with Crippen molar-refractivity contribution in [3.05, 3.63) is 52.5 Å². The monoisotopic (exact) mass is 274 g/mol. The molecular weight excluding hydrogens is 252 g/mol. The highest BCUT2D eigenvalue weighted by atomic mass is 32.1. The van der Waals surface area contributed by atoms with Gasteiger partial charge < -0.3 is 5.32 Å². The minimum Gasteiger partial charge on any atom is -0.305 e. The Balaban J connectivity index is 2.10. The number of aromatic nitrogens is 1. The molecule has 1 N–H and O–H groups in total. The summed E-state index contributed by atoms with van der Waals surface area (Å²) in [6.45, 7) is 5.46. The average Bonchev–Trinajstić information content (AvgIpc) is 2.97. The van der Waals surface area contributed by atoms with Gasteiger partial charge in [-0.05, 0) is 11.5 Å². The number of hydrogen-bond donors (Lipinski definition) is 1. The molecule has 0 aliphatic rings. The summed E-state index contributed by atoms with van der Waals surface area (Å²) in [5.41, 5.74) is 3.28. The maximum Gasteiger partial charge on any atom is 0.0794 e. The highest BCUT2D eigenvalue weighted by Crippen LogP contribution is 2.27. The van der Waals surface area contributed by atoms with Crippen LogP contribution in [0.3, 0.4) is 0 Å². The fourth-order valence-electron chi connectivity index (χ4n) is 2.52. The molecule has 0 saturated carbocycles. The van der Waals surface area contributed by atoms with E-state index < -0.39 is 0 Å². The first-order valence-electron chi connectivity index (χ1n) is 7.00. The van der Waals surface area contributed by atoms with Crippen LogP contribution in [0.4, 0.5) is 0 Å². The largest absolute Gasteiger partial charge is 0.305 e. The lowest BCUT2D eigenvalue weighted by Crippen LogP contribution is -2.27. The number of rotatable bonds is 7. The Hall–Kier alpha value is -1.19. The van der Waals surface area contributed by atoms with Gasteiger partial charge in [0, 0.05) is 23.7 Å². The molecule has 0 aliphatic carbocycles.